The van der Waals surface area contributed by atoms with Gasteiger partial charge in [0.25, 0.3) is 0 Å². The minimum atomic E-state index is -0.576. The van der Waals surface area contributed by atoms with Crippen molar-refractivity contribution in [2.45, 2.75) is 19.4 Å². The molecule has 0 bridgehead atoms. The number of hydrogen-bond donors (Lipinski definition) is 2. The first kappa shape index (κ1) is 19.7. The second-order valence-corrected chi connectivity index (χ2v) is 4.89. The minimum absolute atomic E-state index is 0. The molecule has 1 aliphatic rings. The van der Waals surface area contributed by atoms with Crippen LogP contribution in [-0.4, -0.2) is 36.2 Å². The summed E-state index contributed by atoms with van der Waals surface area (Å²) in [5.74, 6) is -0.699. The first-order chi connectivity index (χ1) is 8.65. The van der Waals surface area contributed by atoms with Gasteiger partial charge in [0, 0.05) is 37.8 Å². The van der Waals surface area contributed by atoms with E-state index in [0.717, 1.165) is 32.6 Å². The Bertz CT molecular complexity index is 428. The van der Waals surface area contributed by atoms with Crippen molar-refractivity contribution in [3.63, 3.8) is 0 Å². The standard InChI is InChI=1S/C13H18ClFN2O.2ClH/c1-2-11(17-7-5-16-6-8-17)9-3-4-10(15)12(14)13(9)18;;/h3-4,11,16,18H,2,5-8H2,1H3;2*1H/t11-;;/m0../s1. The van der Waals surface area contributed by atoms with E-state index in [0.29, 0.717) is 5.56 Å². The second-order valence-electron chi connectivity index (χ2n) is 4.51. The first-order valence-corrected chi connectivity index (χ1v) is 6.64. The summed E-state index contributed by atoms with van der Waals surface area (Å²) in [7, 11) is 0. The van der Waals surface area contributed by atoms with Crippen LogP contribution in [0.2, 0.25) is 5.02 Å². The number of phenolic OH excluding ortho intramolecular Hbond substituents is 1. The van der Waals surface area contributed by atoms with Crippen molar-refractivity contribution in [2.75, 3.05) is 26.2 Å². The van der Waals surface area contributed by atoms with Gasteiger partial charge in [-0.25, -0.2) is 4.39 Å². The highest BCUT2D eigenvalue weighted by Crippen LogP contribution is 2.37. The lowest BCUT2D eigenvalue weighted by molar-refractivity contribution is 0.167. The highest BCUT2D eigenvalue weighted by molar-refractivity contribution is 6.32. The van der Waals surface area contributed by atoms with Crippen molar-refractivity contribution in [3.05, 3.63) is 28.5 Å². The normalized spacial score (nSPS) is 16.9. The second kappa shape index (κ2) is 8.90. The van der Waals surface area contributed by atoms with E-state index in [-0.39, 0.29) is 41.6 Å². The fourth-order valence-electron chi connectivity index (χ4n) is 2.49. The van der Waals surface area contributed by atoms with Crippen molar-refractivity contribution >= 4 is 36.4 Å². The molecule has 20 heavy (non-hydrogen) atoms. The molecule has 0 unspecified atom stereocenters. The zero-order valence-corrected chi connectivity index (χ0v) is 13.6. The van der Waals surface area contributed by atoms with Crippen LogP contribution in [-0.2, 0) is 0 Å². The monoisotopic (exact) mass is 344 g/mol. The number of nitrogens with one attached hydrogen (secondary N) is 1. The smallest absolute Gasteiger partial charge is 0.145 e. The molecule has 1 saturated heterocycles. The van der Waals surface area contributed by atoms with Gasteiger partial charge in [-0.1, -0.05) is 24.6 Å². The highest BCUT2D eigenvalue weighted by Gasteiger charge is 2.24. The van der Waals surface area contributed by atoms with E-state index in [4.69, 9.17) is 11.6 Å². The van der Waals surface area contributed by atoms with Crippen molar-refractivity contribution in [1.29, 1.82) is 0 Å². The maximum atomic E-state index is 13.3. The summed E-state index contributed by atoms with van der Waals surface area (Å²) in [6.07, 6.45) is 0.857. The zero-order chi connectivity index (χ0) is 13.1. The van der Waals surface area contributed by atoms with Gasteiger partial charge in [0.2, 0.25) is 0 Å². The fraction of sp³-hybridized carbons (Fsp3) is 0.538. The predicted molar refractivity (Wildman–Crippen MR) is 85.0 cm³/mol. The molecular formula is C13H20Cl3FN2O. The molecule has 0 radical (unpaired) electrons. The first-order valence-electron chi connectivity index (χ1n) is 6.26. The molecular weight excluding hydrogens is 326 g/mol. The lowest BCUT2D eigenvalue weighted by atomic mass is 10.0. The Morgan fingerprint density at radius 3 is 2.50 bits per heavy atom. The number of aromatic hydroxyl groups is 1. The lowest BCUT2D eigenvalue weighted by Gasteiger charge is -2.35. The van der Waals surface area contributed by atoms with E-state index < -0.39 is 5.82 Å². The molecule has 0 saturated carbocycles. The van der Waals surface area contributed by atoms with Crippen LogP contribution in [0, 0.1) is 5.82 Å². The van der Waals surface area contributed by atoms with Gasteiger partial charge in [-0.05, 0) is 12.5 Å². The van der Waals surface area contributed by atoms with Crippen LogP contribution in [0.4, 0.5) is 4.39 Å². The summed E-state index contributed by atoms with van der Waals surface area (Å²) >= 11 is 5.77. The van der Waals surface area contributed by atoms with E-state index >= 15 is 0 Å². The van der Waals surface area contributed by atoms with Crippen LogP contribution in [0.25, 0.3) is 0 Å². The van der Waals surface area contributed by atoms with Crippen LogP contribution < -0.4 is 5.32 Å². The van der Waals surface area contributed by atoms with Gasteiger partial charge in [0.15, 0.2) is 0 Å². The van der Waals surface area contributed by atoms with Crippen LogP contribution in [0.15, 0.2) is 12.1 Å². The number of rotatable bonds is 3. The van der Waals surface area contributed by atoms with Gasteiger partial charge in [-0.2, -0.15) is 0 Å². The van der Waals surface area contributed by atoms with E-state index in [1.54, 1.807) is 6.07 Å². The summed E-state index contributed by atoms with van der Waals surface area (Å²) < 4.78 is 13.3. The zero-order valence-electron chi connectivity index (χ0n) is 11.2. The van der Waals surface area contributed by atoms with Crippen LogP contribution in [0.5, 0.6) is 5.75 Å². The molecule has 116 valence electrons. The third-order valence-electron chi connectivity index (χ3n) is 3.44. The molecule has 7 heteroatoms. The topological polar surface area (TPSA) is 35.5 Å². The summed E-state index contributed by atoms with van der Waals surface area (Å²) in [5, 5.41) is 13.1. The van der Waals surface area contributed by atoms with Gasteiger partial charge in [0.05, 0.1) is 0 Å². The Kier molecular flexibility index (Phi) is 8.79. The Balaban J connectivity index is 0.00000180. The Morgan fingerprint density at radius 2 is 1.95 bits per heavy atom. The fourth-order valence-corrected chi connectivity index (χ4v) is 2.66. The molecule has 1 fully saturated rings. The van der Waals surface area contributed by atoms with E-state index in [2.05, 4.69) is 17.1 Å². The average Bonchev–Trinajstić information content (AvgIpc) is 2.41. The van der Waals surface area contributed by atoms with Crippen LogP contribution in [0.1, 0.15) is 24.9 Å². The molecule has 2 rings (SSSR count). The molecule has 1 heterocycles. The number of phenols is 1. The third kappa shape index (κ3) is 4.12. The van der Waals surface area contributed by atoms with Gasteiger partial charge in [-0.15, -0.1) is 24.8 Å². The van der Waals surface area contributed by atoms with Gasteiger partial charge in [-0.3, -0.25) is 4.90 Å². The number of halogens is 4. The van der Waals surface area contributed by atoms with E-state index in [9.17, 15) is 9.50 Å². The minimum Gasteiger partial charge on any atom is -0.506 e. The van der Waals surface area contributed by atoms with Crippen LogP contribution in [0.3, 0.4) is 0 Å². The van der Waals surface area contributed by atoms with Crippen molar-refractivity contribution < 1.29 is 9.50 Å². The highest BCUT2D eigenvalue weighted by atomic mass is 35.5. The number of nitrogens with zero attached hydrogens (tertiary/aromatic N) is 1. The van der Waals surface area contributed by atoms with E-state index in [1.165, 1.54) is 6.07 Å². The average molecular weight is 346 g/mol. The largest absolute Gasteiger partial charge is 0.506 e. The molecule has 0 aromatic heterocycles. The van der Waals surface area contributed by atoms with E-state index in [1.807, 2.05) is 0 Å². The Morgan fingerprint density at radius 1 is 1.35 bits per heavy atom. The molecule has 1 aromatic rings. The Hall–Kier alpha value is -0.260. The summed E-state index contributed by atoms with van der Waals surface area (Å²) in [4.78, 5) is 2.29. The lowest BCUT2D eigenvalue weighted by Crippen LogP contribution is -2.45. The molecule has 0 amide bonds. The summed E-state index contributed by atoms with van der Waals surface area (Å²) in [6, 6.07) is 3.04. The predicted octanol–water partition coefficient (Wildman–Crippen LogP) is 3.38. The van der Waals surface area contributed by atoms with Gasteiger partial charge < -0.3 is 10.4 Å². The van der Waals surface area contributed by atoms with Crippen molar-refractivity contribution in [3.8, 4) is 5.75 Å². The molecule has 2 N–H and O–H groups in total. The van der Waals surface area contributed by atoms with Gasteiger partial charge in [0.1, 0.15) is 16.6 Å². The van der Waals surface area contributed by atoms with Crippen LogP contribution >= 0.6 is 36.4 Å². The number of benzene rings is 1. The van der Waals surface area contributed by atoms with Crippen molar-refractivity contribution in [2.24, 2.45) is 0 Å². The van der Waals surface area contributed by atoms with Gasteiger partial charge >= 0.3 is 0 Å². The molecule has 1 aliphatic heterocycles. The summed E-state index contributed by atoms with van der Waals surface area (Å²) in [5.41, 5.74) is 0.714. The molecule has 3 nitrogen and oxygen atoms in total. The third-order valence-corrected chi connectivity index (χ3v) is 3.80. The molecule has 0 spiro atoms. The maximum Gasteiger partial charge on any atom is 0.145 e. The quantitative estimate of drug-likeness (QED) is 0.881. The SMILES string of the molecule is CC[C@@H](c1ccc(F)c(Cl)c1O)N1CCNCC1.Cl.Cl. The van der Waals surface area contributed by atoms with Crippen molar-refractivity contribution in [1.82, 2.24) is 10.2 Å². The summed E-state index contributed by atoms with van der Waals surface area (Å²) in [6.45, 7) is 5.78. The maximum absolute atomic E-state index is 13.3. The molecule has 1 atom stereocenters. The number of hydrogen-bond acceptors (Lipinski definition) is 3. The molecule has 0 aliphatic carbocycles. The number of piperazine rings is 1. The Labute approximate surface area is 136 Å². The molecule has 1 aromatic carbocycles.